The van der Waals surface area contributed by atoms with Crippen molar-refractivity contribution >= 4 is 11.6 Å². The lowest BCUT2D eigenvalue weighted by Crippen LogP contribution is -2.07. The Morgan fingerprint density at radius 1 is 1.10 bits per heavy atom. The van der Waals surface area contributed by atoms with Gasteiger partial charge in [0.2, 0.25) is 0 Å². The van der Waals surface area contributed by atoms with Gasteiger partial charge in [-0.25, -0.2) is 0 Å². The fourth-order valence-corrected chi connectivity index (χ4v) is 2.59. The Morgan fingerprint density at radius 2 is 1.86 bits per heavy atom. The van der Waals surface area contributed by atoms with Gasteiger partial charge in [-0.3, -0.25) is 0 Å². The maximum atomic E-state index is 6.32. The maximum Gasteiger partial charge on any atom is 0.184 e. The van der Waals surface area contributed by atoms with E-state index in [1.54, 1.807) is 0 Å². The van der Waals surface area contributed by atoms with Crippen molar-refractivity contribution in [1.82, 2.24) is 0 Å². The summed E-state index contributed by atoms with van der Waals surface area (Å²) in [5.41, 5.74) is 2.95. The van der Waals surface area contributed by atoms with E-state index in [0.717, 1.165) is 22.4 Å². The number of rotatable bonds is 4. The first-order chi connectivity index (χ1) is 10.3. The Kier molecular flexibility index (Phi) is 4.44. The Bertz CT molecular complexity index is 621. The smallest absolute Gasteiger partial charge is 0.184 e. The Labute approximate surface area is 129 Å². The Balaban J connectivity index is 1.83. The van der Waals surface area contributed by atoms with Crippen molar-refractivity contribution in [1.29, 1.82) is 0 Å². The zero-order chi connectivity index (χ0) is 14.7. The third-order valence-electron chi connectivity index (χ3n) is 3.50. The SMILES string of the molecule is Cc1ccccc1OCc1c(Cl)cccc1C1OCCO1. The first kappa shape index (κ1) is 14.4. The molecule has 0 atom stereocenters. The number of aryl methyl sites for hydroxylation is 1. The predicted molar refractivity (Wildman–Crippen MR) is 81.6 cm³/mol. The summed E-state index contributed by atoms with van der Waals surface area (Å²) in [6.07, 6.45) is -0.348. The quantitative estimate of drug-likeness (QED) is 0.844. The molecule has 0 spiro atoms. The van der Waals surface area contributed by atoms with Crippen LogP contribution in [0.4, 0.5) is 0 Å². The van der Waals surface area contributed by atoms with Gasteiger partial charge in [0.25, 0.3) is 0 Å². The molecule has 4 heteroatoms. The third-order valence-corrected chi connectivity index (χ3v) is 3.85. The Hall–Kier alpha value is -1.55. The minimum absolute atomic E-state index is 0.348. The lowest BCUT2D eigenvalue weighted by molar-refractivity contribution is -0.0451. The predicted octanol–water partition coefficient (Wildman–Crippen LogP) is 4.27. The van der Waals surface area contributed by atoms with E-state index in [1.807, 2.05) is 49.4 Å². The van der Waals surface area contributed by atoms with E-state index < -0.39 is 0 Å². The molecule has 3 nitrogen and oxygen atoms in total. The van der Waals surface area contributed by atoms with Crippen molar-refractivity contribution in [2.75, 3.05) is 13.2 Å². The summed E-state index contributed by atoms with van der Waals surface area (Å²) in [5.74, 6) is 0.858. The van der Waals surface area contributed by atoms with E-state index in [1.165, 1.54) is 0 Å². The molecular weight excluding hydrogens is 288 g/mol. The average Bonchev–Trinajstić information content (AvgIpc) is 3.01. The van der Waals surface area contributed by atoms with E-state index in [4.69, 9.17) is 25.8 Å². The van der Waals surface area contributed by atoms with E-state index in [2.05, 4.69) is 0 Å². The van der Waals surface area contributed by atoms with E-state index in [0.29, 0.717) is 24.8 Å². The second kappa shape index (κ2) is 6.48. The number of benzene rings is 2. The van der Waals surface area contributed by atoms with Crippen molar-refractivity contribution in [2.45, 2.75) is 19.8 Å². The number of hydrogen-bond acceptors (Lipinski definition) is 3. The van der Waals surface area contributed by atoms with Crippen LogP contribution in [-0.2, 0) is 16.1 Å². The van der Waals surface area contributed by atoms with Gasteiger partial charge in [-0.15, -0.1) is 0 Å². The van der Waals surface area contributed by atoms with Crippen LogP contribution in [0.25, 0.3) is 0 Å². The second-order valence-electron chi connectivity index (χ2n) is 4.94. The number of hydrogen-bond donors (Lipinski definition) is 0. The first-order valence-electron chi connectivity index (χ1n) is 6.94. The molecule has 110 valence electrons. The van der Waals surface area contributed by atoms with Gasteiger partial charge in [-0.2, -0.15) is 0 Å². The van der Waals surface area contributed by atoms with Crippen LogP contribution in [0.15, 0.2) is 42.5 Å². The van der Waals surface area contributed by atoms with Crippen LogP contribution in [0.3, 0.4) is 0 Å². The molecule has 0 unspecified atom stereocenters. The lowest BCUT2D eigenvalue weighted by Gasteiger charge is -2.17. The largest absolute Gasteiger partial charge is 0.489 e. The summed E-state index contributed by atoms with van der Waals surface area (Å²) in [5, 5.41) is 0.667. The number of ether oxygens (including phenoxy) is 3. The zero-order valence-corrected chi connectivity index (χ0v) is 12.6. The van der Waals surface area contributed by atoms with Crippen molar-refractivity contribution < 1.29 is 14.2 Å². The summed E-state index contributed by atoms with van der Waals surface area (Å²) in [6, 6.07) is 13.7. The molecule has 1 fully saturated rings. The summed E-state index contributed by atoms with van der Waals surface area (Å²) < 4.78 is 17.1. The van der Waals surface area contributed by atoms with Gasteiger partial charge in [-0.1, -0.05) is 41.9 Å². The van der Waals surface area contributed by atoms with E-state index >= 15 is 0 Å². The van der Waals surface area contributed by atoms with Gasteiger partial charge in [0.15, 0.2) is 6.29 Å². The molecule has 2 aromatic carbocycles. The van der Waals surface area contributed by atoms with Gasteiger partial charge in [0.05, 0.1) is 13.2 Å². The number of halogens is 1. The van der Waals surface area contributed by atoms with Crippen LogP contribution < -0.4 is 4.74 Å². The molecule has 1 aliphatic rings. The normalized spacial score (nSPS) is 15.3. The molecule has 0 N–H and O–H groups in total. The summed E-state index contributed by atoms with van der Waals surface area (Å²) in [6.45, 7) is 3.62. The van der Waals surface area contributed by atoms with Gasteiger partial charge in [0.1, 0.15) is 12.4 Å². The molecule has 0 saturated carbocycles. The molecular formula is C17H17ClO3. The summed E-state index contributed by atoms with van der Waals surface area (Å²) in [4.78, 5) is 0. The topological polar surface area (TPSA) is 27.7 Å². The first-order valence-corrected chi connectivity index (χ1v) is 7.32. The Morgan fingerprint density at radius 3 is 2.62 bits per heavy atom. The molecule has 1 aliphatic heterocycles. The van der Waals surface area contributed by atoms with Crippen LogP contribution >= 0.6 is 11.6 Å². The van der Waals surface area contributed by atoms with Crippen LogP contribution in [0.1, 0.15) is 23.0 Å². The highest BCUT2D eigenvalue weighted by Crippen LogP contribution is 2.31. The van der Waals surface area contributed by atoms with Gasteiger partial charge in [-0.05, 0) is 24.6 Å². The highest BCUT2D eigenvalue weighted by molar-refractivity contribution is 6.31. The molecule has 1 heterocycles. The zero-order valence-electron chi connectivity index (χ0n) is 11.8. The van der Waals surface area contributed by atoms with Gasteiger partial charge < -0.3 is 14.2 Å². The fourth-order valence-electron chi connectivity index (χ4n) is 2.35. The van der Waals surface area contributed by atoms with Crippen molar-refractivity contribution in [2.24, 2.45) is 0 Å². The van der Waals surface area contributed by atoms with Gasteiger partial charge in [0, 0.05) is 16.1 Å². The molecule has 21 heavy (non-hydrogen) atoms. The molecule has 3 rings (SSSR count). The fraction of sp³-hybridized carbons (Fsp3) is 0.294. The van der Waals surface area contributed by atoms with Crippen LogP contribution in [0.2, 0.25) is 5.02 Å². The highest BCUT2D eigenvalue weighted by Gasteiger charge is 2.22. The molecule has 0 radical (unpaired) electrons. The lowest BCUT2D eigenvalue weighted by atomic mass is 10.1. The van der Waals surface area contributed by atoms with E-state index in [-0.39, 0.29) is 6.29 Å². The van der Waals surface area contributed by atoms with Crippen molar-refractivity contribution in [3.05, 3.63) is 64.2 Å². The van der Waals surface area contributed by atoms with Crippen LogP contribution in [0, 0.1) is 6.92 Å². The monoisotopic (exact) mass is 304 g/mol. The highest BCUT2D eigenvalue weighted by atomic mass is 35.5. The van der Waals surface area contributed by atoms with Crippen LogP contribution in [-0.4, -0.2) is 13.2 Å². The van der Waals surface area contributed by atoms with E-state index in [9.17, 15) is 0 Å². The minimum atomic E-state index is -0.348. The molecule has 0 aliphatic carbocycles. The van der Waals surface area contributed by atoms with Crippen molar-refractivity contribution in [3.63, 3.8) is 0 Å². The average molecular weight is 305 g/mol. The minimum Gasteiger partial charge on any atom is -0.489 e. The molecule has 0 amide bonds. The standard InChI is InChI=1S/C17H17ClO3/c1-12-5-2-3-8-16(12)21-11-14-13(6-4-7-15(14)18)17-19-9-10-20-17/h2-8,17H,9-11H2,1H3. The number of para-hydroxylation sites is 1. The van der Waals surface area contributed by atoms with Crippen molar-refractivity contribution in [3.8, 4) is 5.75 Å². The summed E-state index contributed by atoms with van der Waals surface area (Å²) >= 11 is 6.32. The summed E-state index contributed by atoms with van der Waals surface area (Å²) in [7, 11) is 0. The molecule has 1 saturated heterocycles. The van der Waals surface area contributed by atoms with Crippen LogP contribution in [0.5, 0.6) is 5.75 Å². The third kappa shape index (κ3) is 3.21. The second-order valence-corrected chi connectivity index (χ2v) is 5.34. The molecule has 0 bridgehead atoms. The molecule has 0 aromatic heterocycles. The maximum absolute atomic E-state index is 6.32. The molecule has 2 aromatic rings. The van der Waals surface area contributed by atoms with Gasteiger partial charge >= 0.3 is 0 Å².